The van der Waals surface area contributed by atoms with Gasteiger partial charge in [0.1, 0.15) is 11.9 Å². The molecule has 2 aromatic carbocycles. The van der Waals surface area contributed by atoms with Crippen LogP contribution in [0.3, 0.4) is 0 Å². The Kier molecular flexibility index (Phi) is 5.59. The van der Waals surface area contributed by atoms with Crippen LogP contribution in [0, 0.1) is 17.0 Å². The summed E-state index contributed by atoms with van der Waals surface area (Å²) >= 11 is 0. The van der Waals surface area contributed by atoms with Gasteiger partial charge >= 0.3 is 0 Å². The van der Waals surface area contributed by atoms with Crippen molar-refractivity contribution in [2.75, 3.05) is 10.6 Å². The van der Waals surface area contributed by atoms with Crippen LogP contribution in [-0.2, 0) is 4.79 Å². The smallest absolute Gasteiger partial charge is 0.270 e. The average molecular weight is 377 g/mol. The Morgan fingerprint density at radius 2 is 1.82 bits per heavy atom. The molecule has 1 amide bonds. The molecule has 0 aliphatic heterocycles. The number of nitrogens with one attached hydrogen (secondary N) is 2. The molecule has 0 aliphatic carbocycles. The van der Waals surface area contributed by atoms with Gasteiger partial charge in [0.2, 0.25) is 5.91 Å². The lowest BCUT2D eigenvalue weighted by Gasteiger charge is -2.15. The standard InChI is InChI=1S/C20H19N5O3/c1-13-11-18(22-14(2)20(26)23-16-8-4-3-5-9-16)24-19(21-13)15-7-6-10-17(12-15)25(27)28/h3-12,14H,1-2H3,(H,23,26)(H,21,22,24). The van der Waals surface area contributed by atoms with E-state index >= 15 is 0 Å². The predicted octanol–water partition coefficient (Wildman–Crippen LogP) is 3.80. The van der Waals surface area contributed by atoms with Crippen LogP contribution in [0.2, 0.25) is 0 Å². The lowest BCUT2D eigenvalue weighted by atomic mass is 10.2. The van der Waals surface area contributed by atoms with Crippen molar-refractivity contribution >= 4 is 23.1 Å². The molecule has 0 radical (unpaired) electrons. The molecule has 1 heterocycles. The van der Waals surface area contributed by atoms with Crippen molar-refractivity contribution in [2.24, 2.45) is 0 Å². The van der Waals surface area contributed by atoms with Crippen LogP contribution < -0.4 is 10.6 Å². The number of amides is 1. The van der Waals surface area contributed by atoms with E-state index in [0.29, 0.717) is 28.6 Å². The van der Waals surface area contributed by atoms with Crippen molar-refractivity contribution in [1.82, 2.24) is 9.97 Å². The first-order valence-corrected chi connectivity index (χ1v) is 8.65. The van der Waals surface area contributed by atoms with Gasteiger partial charge in [-0.1, -0.05) is 30.3 Å². The highest BCUT2D eigenvalue weighted by Crippen LogP contribution is 2.22. The first-order valence-electron chi connectivity index (χ1n) is 8.65. The molecule has 0 saturated heterocycles. The summed E-state index contributed by atoms with van der Waals surface area (Å²) in [5, 5.41) is 16.9. The Hall–Kier alpha value is -3.81. The summed E-state index contributed by atoms with van der Waals surface area (Å²) in [5.74, 6) is 0.603. The van der Waals surface area contributed by atoms with Crippen LogP contribution in [0.5, 0.6) is 0 Å². The van der Waals surface area contributed by atoms with Crippen LogP contribution in [0.1, 0.15) is 12.6 Å². The second-order valence-corrected chi connectivity index (χ2v) is 6.25. The maximum Gasteiger partial charge on any atom is 0.270 e. The number of nitrogens with zero attached hydrogens (tertiary/aromatic N) is 3. The highest BCUT2D eigenvalue weighted by Gasteiger charge is 2.15. The number of nitro groups is 1. The van der Waals surface area contributed by atoms with Crippen molar-refractivity contribution in [1.29, 1.82) is 0 Å². The van der Waals surface area contributed by atoms with Crippen LogP contribution in [0.4, 0.5) is 17.2 Å². The minimum absolute atomic E-state index is 0.0345. The molecule has 0 bridgehead atoms. The van der Waals surface area contributed by atoms with Gasteiger partial charge in [-0.05, 0) is 26.0 Å². The molecule has 8 heteroatoms. The predicted molar refractivity (Wildman–Crippen MR) is 107 cm³/mol. The van der Waals surface area contributed by atoms with E-state index in [2.05, 4.69) is 20.6 Å². The third-order valence-electron chi connectivity index (χ3n) is 3.97. The van der Waals surface area contributed by atoms with Crippen LogP contribution in [0.25, 0.3) is 11.4 Å². The topological polar surface area (TPSA) is 110 Å². The summed E-state index contributed by atoms with van der Waals surface area (Å²) < 4.78 is 0. The zero-order valence-electron chi connectivity index (χ0n) is 15.4. The summed E-state index contributed by atoms with van der Waals surface area (Å²) in [7, 11) is 0. The number of benzene rings is 2. The first kappa shape index (κ1) is 19.0. The van der Waals surface area contributed by atoms with E-state index in [1.165, 1.54) is 12.1 Å². The van der Waals surface area contributed by atoms with E-state index in [9.17, 15) is 14.9 Å². The lowest BCUT2D eigenvalue weighted by molar-refractivity contribution is -0.384. The number of rotatable bonds is 6. The summed E-state index contributed by atoms with van der Waals surface area (Å²) in [4.78, 5) is 31.7. The monoisotopic (exact) mass is 377 g/mol. The van der Waals surface area contributed by atoms with E-state index in [1.807, 2.05) is 18.2 Å². The SMILES string of the molecule is Cc1cc(NC(C)C(=O)Nc2ccccc2)nc(-c2cccc([N+](=O)[O-])c2)n1. The third-order valence-corrected chi connectivity index (χ3v) is 3.97. The average Bonchev–Trinajstić information content (AvgIpc) is 2.68. The number of anilines is 2. The molecule has 3 rings (SSSR count). The quantitative estimate of drug-likeness (QED) is 0.499. The molecule has 3 aromatic rings. The minimum atomic E-state index is -0.549. The zero-order valence-corrected chi connectivity index (χ0v) is 15.4. The largest absolute Gasteiger partial charge is 0.358 e. The molecule has 2 N–H and O–H groups in total. The number of hydrogen-bond acceptors (Lipinski definition) is 6. The van der Waals surface area contributed by atoms with E-state index in [-0.39, 0.29) is 11.6 Å². The normalized spacial score (nSPS) is 11.5. The second kappa shape index (κ2) is 8.26. The van der Waals surface area contributed by atoms with Gasteiger partial charge in [-0.3, -0.25) is 14.9 Å². The summed E-state index contributed by atoms with van der Waals surface area (Å²) in [6, 6.07) is 16.5. The van der Waals surface area contributed by atoms with Crippen molar-refractivity contribution in [3.05, 3.63) is 76.5 Å². The fourth-order valence-corrected chi connectivity index (χ4v) is 2.59. The van der Waals surface area contributed by atoms with Gasteiger partial charge in [0.25, 0.3) is 5.69 Å². The number of nitro benzene ring substituents is 1. The maximum atomic E-state index is 12.4. The number of carbonyl (C=O) groups is 1. The van der Waals surface area contributed by atoms with Gasteiger partial charge in [-0.2, -0.15) is 0 Å². The molecule has 0 fully saturated rings. The maximum absolute atomic E-state index is 12.4. The van der Waals surface area contributed by atoms with Gasteiger partial charge in [-0.15, -0.1) is 0 Å². The van der Waals surface area contributed by atoms with Crippen molar-refractivity contribution < 1.29 is 9.72 Å². The van der Waals surface area contributed by atoms with E-state index in [4.69, 9.17) is 0 Å². The number of hydrogen-bond donors (Lipinski definition) is 2. The van der Waals surface area contributed by atoms with E-state index in [1.54, 1.807) is 44.2 Å². The Morgan fingerprint density at radius 3 is 2.54 bits per heavy atom. The van der Waals surface area contributed by atoms with Crippen LogP contribution >= 0.6 is 0 Å². The Balaban J connectivity index is 1.78. The second-order valence-electron chi connectivity index (χ2n) is 6.25. The van der Waals surface area contributed by atoms with Crippen LogP contribution in [0.15, 0.2) is 60.7 Å². The van der Waals surface area contributed by atoms with Gasteiger partial charge in [0.05, 0.1) is 4.92 Å². The van der Waals surface area contributed by atoms with Gasteiger partial charge in [0, 0.05) is 35.1 Å². The fourth-order valence-electron chi connectivity index (χ4n) is 2.59. The zero-order chi connectivity index (χ0) is 20.1. The summed E-state index contributed by atoms with van der Waals surface area (Å²) in [5.41, 5.74) is 1.88. The Morgan fingerprint density at radius 1 is 1.07 bits per heavy atom. The number of aromatic nitrogens is 2. The molecule has 1 atom stereocenters. The minimum Gasteiger partial charge on any atom is -0.358 e. The highest BCUT2D eigenvalue weighted by molar-refractivity contribution is 5.96. The van der Waals surface area contributed by atoms with Gasteiger partial charge in [0.15, 0.2) is 5.82 Å². The van der Waals surface area contributed by atoms with E-state index < -0.39 is 11.0 Å². The molecule has 0 aliphatic rings. The summed E-state index contributed by atoms with van der Waals surface area (Å²) in [6.45, 7) is 3.52. The molecule has 0 saturated carbocycles. The first-order chi connectivity index (χ1) is 13.4. The molecular weight excluding hydrogens is 358 g/mol. The molecular formula is C20H19N5O3. The van der Waals surface area contributed by atoms with Crippen LogP contribution in [-0.4, -0.2) is 26.8 Å². The summed E-state index contributed by atoms with van der Waals surface area (Å²) in [6.07, 6.45) is 0. The third kappa shape index (κ3) is 4.67. The fraction of sp³-hybridized carbons (Fsp3) is 0.150. The molecule has 28 heavy (non-hydrogen) atoms. The number of carbonyl (C=O) groups excluding carboxylic acids is 1. The molecule has 1 unspecified atom stereocenters. The lowest BCUT2D eigenvalue weighted by Crippen LogP contribution is -2.32. The number of aryl methyl sites for hydroxylation is 1. The number of non-ortho nitro benzene ring substituents is 1. The van der Waals surface area contributed by atoms with Gasteiger partial charge < -0.3 is 10.6 Å². The Labute approximate surface area is 161 Å². The number of para-hydroxylation sites is 1. The molecule has 8 nitrogen and oxygen atoms in total. The Bertz CT molecular complexity index is 1010. The van der Waals surface area contributed by atoms with Crippen molar-refractivity contribution in [3.63, 3.8) is 0 Å². The molecule has 1 aromatic heterocycles. The molecule has 142 valence electrons. The molecule has 0 spiro atoms. The van der Waals surface area contributed by atoms with Crippen molar-refractivity contribution in [2.45, 2.75) is 19.9 Å². The highest BCUT2D eigenvalue weighted by atomic mass is 16.6. The van der Waals surface area contributed by atoms with Crippen molar-refractivity contribution in [3.8, 4) is 11.4 Å². The van der Waals surface area contributed by atoms with Gasteiger partial charge in [-0.25, -0.2) is 9.97 Å². The van der Waals surface area contributed by atoms with E-state index in [0.717, 1.165) is 0 Å².